The van der Waals surface area contributed by atoms with E-state index in [1.165, 1.54) is 11.6 Å². The highest BCUT2D eigenvalue weighted by molar-refractivity contribution is 6.39. The molecule has 0 radical (unpaired) electrons. The molecule has 0 unspecified atom stereocenters. The van der Waals surface area contributed by atoms with Crippen LogP contribution < -0.4 is 19.7 Å². The largest absolute Gasteiger partial charge is 0.494 e. The number of nitrogens with one attached hydrogen (secondary N) is 1. The predicted octanol–water partition coefficient (Wildman–Crippen LogP) is 5.46. The molecule has 4 aromatic rings. The van der Waals surface area contributed by atoms with E-state index in [0.717, 1.165) is 21.4 Å². The Morgan fingerprint density at radius 1 is 0.897 bits per heavy atom. The molecule has 8 nitrogen and oxygen atoms in total. The summed E-state index contributed by atoms with van der Waals surface area (Å²) < 4.78 is 13.4. The molecule has 1 aliphatic rings. The summed E-state index contributed by atoms with van der Waals surface area (Å²) in [5.41, 5.74) is 4.01. The predicted molar refractivity (Wildman–Crippen MR) is 150 cm³/mol. The number of carbonyl (C=O) groups excluding carboxylic acids is 3. The Bertz CT molecular complexity index is 1600. The number of urea groups is 1. The molecule has 0 spiro atoms. The fraction of sp³-hybridized carbons (Fsp3) is 0.194. The maximum Gasteiger partial charge on any atom is 0.336 e. The summed E-state index contributed by atoms with van der Waals surface area (Å²) >= 11 is 0. The van der Waals surface area contributed by atoms with Crippen LogP contribution in [0, 0.1) is 6.92 Å². The molecule has 0 atom stereocenters. The first-order chi connectivity index (χ1) is 18.9. The zero-order valence-corrected chi connectivity index (χ0v) is 22.1. The summed E-state index contributed by atoms with van der Waals surface area (Å²) in [7, 11) is 0. The van der Waals surface area contributed by atoms with E-state index in [2.05, 4.69) is 34.1 Å². The lowest BCUT2D eigenvalue weighted by molar-refractivity contribution is -0.122. The molecule has 3 aromatic carbocycles. The van der Waals surface area contributed by atoms with Gasteiger partial charge in [0.05, 0.1) is 18.9 Å². The van der Waals surface area contributed by atoms with Crippen molar-refractivity contribution in [2.75, 3.05) is 18.1 Å². The number of ether oxygens (including phenoxy) is 2. The fourth-order valence-electron chi connectivity index (χ4n) is 4.65. The summed E-state index contributed by atoms with van der Waals surface area (Å²) in [6, 6.07) is 20.2. The number of amides is 4. The number of imide groups is 2. The summed E-state index contributed by atoms with van der Waals surface area (Å²) in [6.07, 6.45) is 3.46. The van der Waals surface area contributed by atoms with Gasteiger partial charge in [0.25, 0.3) is 11.8 Å². The highest BCUT2D eigenvalue weighted by atomic mass is 16.5. The monoisotopic (exact) mass is 523 g/mol. The number of hydrogen-bond donors (Lipinski definition) is 1. The Labute approximate surface area is 226 Å². The van der Waals surface area contributed by atoms with Crippen molar-refractivity contribution in [3.63, 3.8) is 0 Å². The van der Waals surface area contributed by atoms with Crippen molar-refractivity contribution >= 4 is 40.5 Å². The zero-order chi connectivity index (χ0) is 27.5. The minimum Gasteiger partial charge on any atom is -0.494 e. The van der Waals surface area contributed by atoms with Crippen molar-refractivity contribution in [2.45, 2.75) is 27.3 Å². The zero-order valence-electron chi connectivity index (χ0n) is 22.1. The molecule has 1 aliphatic heterocycles. The number of fused-ring (bicyclic) bond motifs is 1. The first-order valence-corrected chi connectivity index (χ1v) is 12.8. The number of carbonyl (C=O) groups is 3. The number of aryl methyl sites for hydroxylation is 1. The molecule has 39 heavy (non-hydrogen) atoms. The molecule has 0 saturated carbocycles. The average molecular weight is 524 g/mol. The number of barbiturate groups is 1. The lowest BCUT2D eigenvalue weighted by Crippen LogP contribution is -2.54. The van der Waals surface area contributed by atoms with Crippen molar-refractivity contribution in [3.8, 4) is 11.5 Å². The highest BCUT2D eigenvalue weighted by Gasteiger charge is 2.38. The molecule has 0 aliphatic carbocycles. The normalized spacial score (nSPS) is 14.7. The highest BCUT2D eigenvalue weighted by Crippen LogP contribution is 2.35. The van der Waals surface area contributed by atoms with Crippen LogP contribution in [0.2, 0.25) is 0 Å². The molecular weight excluding hydrogens is 494 g/mol. The van der Waals surface area contributed by atoms with Crippen LogP contribution in [-0.2, 0) is 16.1 Å². The molecule has 198 valence electrons. The second kappa shape index (κ2) is 10.9. The summed E-state index contributed by atoms with van der Waals surface area (Å²) in [5.74, 6) is -0.699. The van der Waals surface area contributed by atoms with Gasteiger partial charge in [-0.05, 0) is 50.6 Å². The topological polar surface area (TPSA) is 89.9 Å². The Morgan fingerprint density at radius 2 is 1.64 bits per heavy atom. The van der Waals surface area contributed by atoms with E-state index in [0.29, 0.717) is 36.8 Å². The van der Waals surface area contributed by atoms with E-state index in [-0.39, 0.29) is 11.3 Å². The third kappa shape index (κ3) is 5.13. The molecule has 4 amide bonds. The van der Waals surface area contributed by atoms with Crippen LogP contribution in [0.4, 0.5) is 10.5 Å². The fourth-order valence-corrected chi connectivity index (χ4v) is 4.65. The van der Waals surface area contributed by atoms with E-state index in [1.807, 2.05) is 44.3 Å². The third-order valence-corrected chi connectivity index (χ3v) is 6.48. The number of nitrogens with zero attached hydrogens (tertiary/aromatic N) is 2. The number of hydrogen-bond acceptors (Lipinski definition) is 5. The van der Waals surface area contributed by atoms with E-state index < -0.39 is 17.8 Å². The number of benzene rings is 3. The number of aromatic nitrogens is 1. The second-order valence-electron chi connectivity index (χ2n) is 9.17. The van der Waals surface area contributed by atoms with Crippen LogP contribution in [-0.4, -0.2) is 35.6 Å². The second-order valence-corrected chi connectivity index (χ2v) is 9.17. The standard InChI is InChI=1S/C31H29N3O5/c1-4-38-23-14-15-28(39-5-2)27(17-23)34-30(36)25(29(35)32-31(34)37)16-22-19-33(26-9-7-6-8-24(22)26)18-21-12-10-20(3)11-13-21/h6-17,19H,4-5,18H2,1-3H3,(H,32,35,37)/b25-16+. The van der Waals surface area contributed by atoms with Gasteiger partial charge in [-0.15, -0.1) is 0 Å². The van der Waals surface area contributed by atoms with Crippen molar-refractivity contribution in [1.29, 1.82) is 0 Å². The van der Waals surface area contributed by atoms with Gasteiger partial charge in [-0.1, -0.05) is 48.0 Å². The maximum atomic E-state index is 13.7. The van der Waals surface area contributed by atoms with Gasteiger partial charge in [0, 0.05) is 35.3 Å². The molecule has 0 bridgehead atoms. The van der Waals surface area contributed by atoms with Crippen LogP contribution >= 0.6 is 0 Å². The van der Waals surface area contributed by atoms with Crippen molar-refractivity contribution < 1.29 is 23.9 Å². The van der Waals surface area contributed by atoms with Gasteiger partial charge < -0.3 is 14.0 Å². The Hall–Kier alpha value is -4.85. The minimum atomic E-state index is -0.849. The van der Waals surface area contributed by atoms with E-state index in [4.69, 9.17) is 9.47 Å². The summed E-state index contributed by atoms with van der Waals surface area (Å²) in [6.45, 7) is 7.04. The van der Waals surface area contributed by atoms with Gasteiger partial charge in [-0.25, -0.2) is 9.69 Å². The average Bonchev–Trinajstić information content (AvgIpc) is 3.26. The molecular formula is C31H29N3O5. The lowest BCUT2D eigenvalue weighted by atomic mass is 10.1. The summed E-state index contributed by atoms with van der Waals surface area (Å²) in [4.78, 5) is 40.5. The molecule has 8 heteroatoms. The van der Waals surface area contributed by atoms with Gasteiger partial charge >= 0.3 is 6.03 Å². The number of para-hydroxylation sites is 1. The quantitative estimate of drug-likeness (QED) is 0.245. The SMILES string of the molecule is CCOc1ccc(OCC)c(N2C(=O)NC(=O)/C(=C\c3cn(Cc4ccc(C)cc4)c4ccccc34)C2=O)c1. The molecule has 1 N–H and O–H groups in total. The summed E-state index contributed by atoms with van der Waals surface area (Å²) in [5, 5.41) is 3.19. The van der Waals surface area contributed by atoms with Crippen LogP contribution in [0.1, 0.15) is 30.5 Å². The maximum absolute atomic E-state index is 13.7. The number of rotatable bonds is 8. The van der Waals surface area contributed by atoms with Crippen molar-refractivity contribution in [3.05, 3.63) is 95.2 Å². The first-order valence-electron chi connectivity index (χ1n) is 12.8. The van der Waals surface area contributed by atoms with E-state index in [9.17, 15) is 14.4 Å². The van der Waals surface area contributed by atoms with E-state index >= 15 is 0 Å². The minimum absolute atomic E-state index is 0.155. The van der Waals surface area contributed by atoms with Gasteiger partial charge in [0.1, 0.15) is 17.1 Å². The first kappa shape index (κ1) is 25.8. The van der Waals surface area contributed by atoms with Gasteiger partial charge in [0.2, 0.25) is 0 Å². The molecule has 1 aromatic heterocycles. The van der Waals surface area contributed by atoms with Crippen LogP contribution in [0.15, 0.2) is 78.5 Å². The van der Waals surface area contributed by atoms with Gasteiger partial charge in [0.15, 0.2) is 0 Å². The van der Waals surface area contributed by atoms with Crippen molar-refractivity contribution in [1.82, 2.24) is 9.88 Å². The molecule has 5 rings (SSSR count). The third-order valence-electron chi connectivity index (χ3n) is 6.48. The van der Waals surface area contributed by atoms with Gasteiger partial charge in [-0.2, -0.15) is 0 Å². The van der Waals surface area contributed by atoms with Gasteiger partial charge in [-0.3, -0.25) is 14.9 Å². The number of anilines is 1. The van der Waals surface area contributed by atoms with Crippen LogP contribution in [0.5, 0.6) is 11.5 Å². The lowest BCUT2D eigenvalue weighted by Gasteiger charge is -2.28. The van der Waals surface area contributed by atoms with Crippen molar-refractivity contribution in [2.24, 2.45) is 0 Å². The molecule has 1 saturated heterocycles. The van der Waals surface area contributed by atoms with Crippen LogP contribution in [0.3, 0.4) is 0 Å². The van der Waals surface area contributed by atoms with Crippen LogP contribution in [0.25, 0.3) is 17.0 Å². The Morgan fingerprint density at radius 3 is 2.38 bits per heavy atom. The van der Waals surface area contributed by atoms with E-state index in [1.54, 1.807) is 25.1 Å². The Kier molecular flexibility index (Phi) is 7.19. The Balaban J connectivity index is 1.57. The molecule has 2 heterocycles. The molecule has 1 fully saturated rings. The smallest absolute Gasteiger partial charge is 0.336 e.